The second-order valence-electron chi connectivity index (χ2n) is 8.49. The smallest absolute Gasteiger partial charge is 0.318 e. The number of nitrogens with one attached hydrogen (secondary N) is 2. The van der Waals surface area contributed by atoms with E-state index in [0.29, 0.717) is 29.2 Å². The first-order valence-electron chi connectivity index (χ1n) is 11.0. The van der Waals surface area contributed by atoms with Gasteiger partial charge in [-0.05, 0) is 48.7 Å². The predicted octanol–water partition coefficient (Wildman–Crippen LogP) is 2.55. The van der Waals surface area contributed by atoms with Crippen molar-refractivity contribution in [2.24, 2.45) is 0 Å². The van der Waals surface area contributed by atoms with Crippen molar-refractivity contribution in [2.75, 3.05) is 10.8 Å². The van der Waals surface area contributed by atoms with Gasteiger partial charge in [0.2, 0.25) is 0 Å². The summed E-state index contributed by atoms with van der Waals surface area (Å²) < 4.78 is 28.0. The van der Waals surface area contributed by atoms with Crippen molar-refractivity contribution in [1.82, 2.24) is 15.8 Å². The number of para-hydroxylation sites is 1. The quantitative estimate of drug-likeness (QED) is 0.534. The summed E-state index contributed by atoms with van der Waals surface area (Å²) in [4.78, 5) is 38.5. The van der Waals surface area contributed by atoms with E-state index in [-0.39, 0.29) is 10.5 Å². The predicted molar refractivity (Wildman–Crippen MR) is 128 cm³/mol. The molecule has 10 heteroatoms. The fourth-order valence-electron chi connectivity index (χ4n) is 4.36. The molecule has 9 nitrogen and oxygen atoms in total. The second kappa shape index (κ2) is 8.24. The van der Waals surface area contributed by atoms with Gasteiger partial charge in [0, 0.05) is 12.1 Å². The second-order valence-corrected chi connectivity index (χ2v) is 10.3. The van der Waals surface area contributed by atoms with Gasteiger partial charge in [-0.25, -0.2) is 13.2 Å². The molecule has 0 spiro atoms. The van der Waals surface area contributed by atoms with Gasteiger partial charge in [0.1, 0.15) is 5.54 Å². The molecule has 2 aliphatic heterocycles. The molecular weight excluding hydrogens is 468 g/mol. The average Bonchev–Trinajstić information content (AvgIpc) is 3.40. The van der Waals surface area contributed by atoms with Crippen molar-refractivity contribution in [1.29, 1.82) is 0 Å². The number of benzene rings is 3. The van der Waals surface area contributed by atoms with Crippen LogP contribution in [0.2, 0.25) is 0 Å². The molecule has 2 N–H and O–H groups in total. The number of hydrogen-bond donors (Lipinski definition) is 2. The summed E-state index contributed by atoms with van der Waals surface area (Å²) in [7, 11) is -3.92. The highest BCUT2D eigenvalue weighted by Crippen LogP contribution is 2.33. The van der Waals surface area contributed by atoms with E-state index in [9.17, 15) is 22.8 Å². The molecule has 4 amide bonds. The van der Waals surface area contributed by atoms with Crippen LogP contribution in [0.4, 0.5) is 10.5 Å². The zero-order valence-corrected chi connectivity index (χ0v) is 19.6. The van der Waals surface area contributed by atoms with Crippen molar-refractivity contribution < 1.29 is 22.8 Å². The Balaban J connectivity index is 1.38. The van der Waals surface area contributed by atoms with Crippen molar-refractivity contribution >= 4 is 33.6 Å². The van der Waals surface area contributed by atoms with Crippen LogP contribution in [0.1, 0.15) is 28.4 Å². The van der Waals surface area contributed by atoms with E-state index < -0.39 is 33.4 Å². The fourth-order valence-corrected chi connectivity index (χ4v) is 5.91. The molecule has 0 radical (unpaired) electrons. The van der Waals surface area contributed by atoms with Gasteiger partial charge in [0.15, 0.2) is 0 Å². The number of amides is 4. The van der Waals surface area contributed by atoms with Crippen LogP contribution in [-0.2, 0) is 26.8 Å². The molecule has 3 aromatic carbocycles. The Morgan fingerprint density at radius 3 is 2.46 bits per heavy atom. The van der Waals surface area contributed by atoms with Crippen LogP contribution in [0.25, 0.3) is 0 Å². The standard InChI is InChI=1S/C25H22N4O5S/c1-25(19-10-3-2-4-11-19)23(31)29(24(32)26-25)27-22(30)18-9-7-12-20(16-18)35(33,34)28-15-14-17-8-5-6-13-21(17)28/h2-13,16H,14-15H2,1H3,(H,26,32)(H,27,30). The first-order chi connectivity index (χ1) is 16.7. The van der Waals surface area contributed by atoms with E-state index >= 15 is 0 Å². The maximum absolute atomic E-state index is 13.3. The van der Waals surface area contributed by atoms with Gasteiger partial charge in [-0.1, -0.05) is 54.6 Å². The van der Waals surface area contributed by atoms with Crippen LogP contribution in [0.3, 0.4) is 0 Å². The molecule has 0 aliphatic carbocycles. The fraction of sp³-hybridized carbons (Fsp3) is 0.160. The maximum Gasteiger partial charge on any atom is 0.344 e. The average molecular weight is 491 g/mol. The lowest BCUT2D eigenvalue weighted by Gasteiger charge is -2.22. The SMILES string of the molecule is CC1(c2ccccc2)NC(=O)N(NC(=O)c2cccc(S(=O)(=O)N3CCc4ccccc43)c2)C1=O. The minimum absolute atomic E-state index is 0.00697. The molecule has 1 unspecified atom stereocenters. The lowest BCUT2D eigenvalue weighted by Crippen LogP contribution is -2.48. The van der Waals surface area contributed by atoms with E-state index in [1.807, 2.05) is 12.1 Å². The summed E-state index contributed by atoms with van der Waals surface area (Å²) in [6.45, 7) is 1.86. The molecule has 1 saturated heterocycles. The Kier molecular flexibility index (Phi) is 5.32. The number of imide groups is 1. The molecule has 1 fully saturated rings. The van der Waals surface area contributed by atoms with Crippen molar-refractivity contribution in [3.05, 3.63) is 95.6 Å². The highest BCUT2D eigenvalue weighted by atomic mass is 32.2. The minimum atomic E-state index is -3.92. The van der Waals surface area contributed by atoms with E-state index in [0.717, 1.165) is 5.56 Å². The van der Waals surface area contributed by atoms with Crippen molar-refractivity contribution in [2.45, 2.75) is 23.8 Å². The summed E-state index contributed by atoms with van der Waals surface area (Å²) in [6.07, 6.45) is 0.599. The summed E-state index contributed by atoms with van der Waals surface area (Å²) >= 11 is 0. The first kappa shape index (κ1) is 22.6. The number of sulfonamides is 1. The van der Waals surface area contributed by atoms with Gasteiger partial charge in [0.25, 0.3) is 21.8 Å². The van der Waals surface area contributed by atoms with Crippen LogP contribution in [-0.4, -0.2) is 37.8 Å². The van der Waals surface area contributed by atoms with Crippen molar-refractivity contribution in [3.63, 3.8) is 0 Å². The Hall–Kier alpha value is -4.18. The molecule has 0 saturated carbocycles. The summed E-state index contributed by atoms with van der Waals surface area (Å²) in [5.74, 6) is -1.44. The summed E-state index contributed by atoms with van der Waals surface area (Å²) in [5, 5.41) is 3.22. The normalized spacial score (nSPS) is 19.5. The van der Waals surface area contributed by atoms with E-state index in [2.05, 4.69) is 10.7 Å². The lowest BCUT2D eigenvalue weighted by atomic mass is 9.92. The number of carbonyl (C=O) groups is 3. The molecular formula is C25H22N4O5S. The molecule has 5 rings (SSSR count). The van der Waals surface area contributed by atoms with Gasteiger partial charge in [0.05, 0.1) is 10.6 Å². The third kappa shape index (κ3) is 3.71. The largest absolute Gasteiger partial charge is 0.344 e. The Labute approximate surface area is 202 Å². The van der Waals surface area contributed by atoms with Gasteiger partial charge in [-0.2, -0.15) is 5.01 Å². The molecule has 35 heavy (non-hydrogen) atoms. The Bertz CT molecular complexity index is 1460. The monoisotopic (exact) mass is 490 g/mol. The van der Waals surface area contributed by atoms with E-state index in [1.54, 1.807) is 49.4 Å². The third-order valence-electron chi connectivity index (χ3n) is 6.28. The Morgan fingerprint density at radius 2 is 1.69 bits per heavy atom. The van der Waals surface area contributed by atoms with E-state index in [4.69, 9.17) is 0 Å². The molecule has 0 aromatic heterocycles. The van der Waals surface area contributed by atoms with Gasteiger partial charge in [-0.15, -0.1) is 0 Å². The number of anilines is 1. The number of hydrazine groups is 1. The van der Waals surface area contributed by atoms with Crippen LogP contribution < -0.4 is 15.0 Å². The lowest BCUT2D eigenvalue weighted by molar-refractivity contribution is -0.132. The summed E-state index contributed by atoms with van der Waals surface area (Å²) in [5.41, 5.74) is 3.07. The summed E-state index contributed by atoms with van der Waals surface area (Å²) in [6, 6.07) is 20.7. The molecule has 2 heterocycles. The molecule has 3 aromatic rings. The highest BCUT2D eigenvalue weighted by molar-refractivity contribution is 7.92. The number of urea groups is 1. The molecule has 2 aliphatic rings. The topological polar surface area (TPSA) is 116 Å². The number of hydrogen-bond acceptors (Lipinski definition) is 5. The Morgan fingerprint density at radius 1 is 0.971 bits per heavy atom. The highest BCUT2D eigenvalue weighted by Gasteiger charge is 2.50. The third-order valence-corrected chi connectivity index (χ3v) is 8.09. The van der Waals surface area contributed by atoms with Gasteiger partial charge in [-0.3, -0.25) is 19.3 Å². The van der Waals surface area contributed by atoms with Crippen LogP contribution in [0, 0.1) is 0 Å². The molecule has 178 valence electrons. The number of fused-ring (bicyclic) bond motifs is 1. The maximum atomic E-state index is 13.3. The van der Waals surface area contributed by atoms with E-state index in [1.165, 1.54) is 28.6 Å². The number of carbonyl (C=O) groups excluding carboxylic acids is 3. The zero-order chi connectivity index (χ0) is 24.8. The van der Waals surface area contributed by atoms with Gasteiger partial charge < -0.3 is 5.32 Å². The minimum Gasteiger partial charge on any atom is -0.318 e. The zero-order valence-electron chi connectivity index (χ0n) is 18.8. The van der Waals surface area contributed by atoms with Crippen molar-refractivity contribution in [3.8, 4) is 0 Å². The van der Waals surface area contributed by atoms with Crippen LogP contribution in [0.15, 0.2) is 83.8 Å². The number of nitrogens with zero attached hydrogens (tertiary/aromatic N) is 2. The number of rotatable bonds is 5. The van der Waals surface area contributed by atoms with Crippen LogP contribution >= 0.6 is 0 Å². The van der Waals surface area contributed by atoms with Gasteiger partial charge >= 0.3 is 6.03 Å². The molecule has 0 bridgehead atoms. The first-order valence-corrected chi connectivity index (χ1v) is 12.4. The van der Waals surface area contributed by atoms with Crippen LogP contribution in [0.5, 0.6) is 0 Å². The molecule has 1 atom stereocenters.